The van der Waals surface area contributed by atoms with E-state index < -0.39 is 0 Å². The quantitative estimate of drug-likeness (QED) is 0.561. The highest BCUT2D eigenvalue weighted by atomic mass is 79.9. The lowest BCUT2D eigenvalue weighted by Crippen LogP contribution is -1.96. The fraction of sp³-hybridized carbons (Fsp3) is 0.0625. The molecule has 0 unspecified atom stereocenters. The van der Waals surface area contributed by atoms with Crippen LogP contribution in [0.5, 0.6) is 0 Å². The predicted molar refractivity (Wildman–Crippen MR) is 89.7 cm³/mol. The molecule has 0 fully saturated rings. The summed E-state index contributed by atoms with van der Waals surface area (Å²) in [6, 6.07) is 11.6. The van der Waals surface area contributed by atoms with Crippen molar-refractivity contribution in [3.63, 3.8) is 0 Å². The van der Waals surface area contributed by atoms with Crippen molar-refractivity contribution in [2.75, 3.05) is 0 Å². The minimum atomic E-state index is -0.324. The number of hydrogen-bond donors (Lipinski definition) is 0. The number of hydrogen-bond acceptors (Lipinski definition) is 2. The summed E-state index contributed by atoms with van der Waals surface area (Å²) in [6.45, 7) is 1.93. The summed E-state index contributed by atoms with van der Waals surface area (Å²) in [5.74, 6) is 0. The Morgan fingerprint density at radius 3 is 2.55 bits per heavy atom. The van der Waals surface area contributed by atoms with Crippen molar-refractivity contribution in [2.24, 2.45) is 0 Å². The zero-order valence-electron chi connectivity index (χ0n) is 10.6. The number of aryl methyl sites for hydroxylation is 1. The molecule has 20 heavy (non-hydrogen) atoms. The molecule has 2 aliphatic carbocycles. The summed E-state index contributed by atoms with van der Waals surface area (Å²) >= 11 is 6.75. The molecule has 0 aromatic carbocycles. The summed E-state index contributed by atoms with van der Waals surface area (Å²) in [5, 5.41) is 0.989. The van der Waals surface area contributed by atoms with E-state index in [9.17, 15) is 4.79 Å². The smallest absolute Gasteiger partial charge is 0.336 e. The normalized spacial score (nSPS) is 10.9. The van der Waals surface area contributed by atoms with Gasteiger partial charge in [0.25, 0.3) is 0 Å². The maximum Gasteiger partial charge on any atom is 0.336 e. The van der Waals surface area contributed by atoms with E-state index in [-0.39, 0.29) is 5.63 Å². The van der Waals surface area contributed by atoms with Crippen molar-refractivity contribution in [2.45, 2.75) is 6.92 Å². The van der Waals surface area contributed by atoms with Gasteiger partial charge in [-0.15, -0.1) is 0 Å². The van der Waals surface area contributed by atoms with Gasteiger partial charge in [-0.3, -0.25) is 0 Å². The standard InChI is InChI=1S/C16H10Br2O2/c1-9-7-14(19)20-16-12(8-13(17)18)10-5-3-2-4-6-11(10)15(9)16/h2-8H,1H3. The molecular formula is C16H10Br2O2. The first-order valence-corrected chi connectivity index (χ1v) is 7.64. The molecule has 1 aromatic rings. The summed E-state index contributed by atoms with van der Waals surface area (Å²) in [5.41, 5.74) is 4.27. The number of rotatable bonds is 1. The van der Waals surface area contributed by atoms with Gasteiger partial charge in [-0.05, 0) is 61.5 Å². The molecule has 2 nitrogen and oxygen atoms in total. The van der Waals surface area contributed by atoms with Gasteiger partial charge in [0.05, 0.1) is 3.39 Å². The van der Waals surface area contributed by atoms with Crippen LogP contribution in [-0.4, -0.2) is 0 Å². The molecule has 4 heteroatoms. The second-order valence-electron chi connectivity index (χ2n) is 4.54. The van der Waals surface area contributed by atoms with E-state index in [4.69, 9.17) is 4.42 Å². The van der Waals surface area contributed by atoms with E-state index in [1.807, 2.05) is 43.3 Å². The Morgan fingerprint density at radius 1 is 1.15 bits per heavy atom. The van der Waals surface area contributed by atoms with Crippen LogP contribution in [0.3, 0.4) is 0 Å². The Morgan fingerprint density at radius 2 is 1.85 bits per heavy atom. The third-order valence-electron chi connectivity index (χ3n) is 3.25. The highest BCUT2D eigenvalue weighted by Crippen LogP contribution is 2.41. The van der Waals surface area contributed by atoms with Crippen molar-refractivity contribution >= 4 is 48.9 Å². The van der Waals surface area contributed by atoms with E-state index in [2.05, 4.69) is 31.9 Å². The van der Waals surface area contributed by atoms with Crippen LogP contribution in [0, 0.1) is 6.92 Å². The lowest BCUT2D eigenvalue weighted by molar-refractivity contribution is 0.560. The Kier molecular flexibility index (Phi) is 3.52. The fourth-order valence-electron chi connectivity index (χ4n) is 2.51. The van der Waals surface area contributed by atoms with Gasteiger partial charge in [0.15, 0.2) is 0 Å². The molecule has 0 radical (unpaired) electrons. The largest absolute Gasteiger partial charge is 0.422 e. The average molecular weight is 394 g/mol. The maximum atomic E-state index is 11.7. The third-order valence-corrected chi connectivity index (χ3v) is 3.71. The second kappa shape index (κ2) is 5.19. The molecular weight excluding hydrogens is 384 g/mol. The Bertz CT molecular complexity index is 858. The summed E-state index contributed by atoms with van der Waals surface area (Å²) in [4.78, 5) is 11.7. The predicted octanol–water partition coefficient (Wildman–Crippen LogP) is 5.29. The number of halogens is 2. The van der Waals surface area contributed by atoms with E-state index in [1.54, 1.807) is 0 Å². The summed E-state index contributed by atoms with van der Waals surface area (Å²) in [7, 11) is 0. The lowest BCUT2D eigenvalue weighted by atomic mass is 10.1. The Balaban J connectivity index is 2.59. The summed E-state index contributed by atoms with van der Waals surface area (Å²) in [6.07, 6.45) is 1.91. The fourth-order valence-corrected chi connectivity index (χ4v) is 2.97. The first-order chi connectivity index (χ1) is 9.58. The molecule has 0 bridgehead atoms. The Labute approximate surface area is 132 Å². The molecule has 0 atom stereocenters. The summed E-state index contributed by atoms with van der Waals surface area (Å²) < 4.78 is 6.25. The molecule has 0 aliphatic heterocycles. The van der Waals surface area contributed by atoms with Gasteiger partial charge in [-0.2, -0.15) is 0 Å². The Hall–Kier alpha value is -1.39. The highest BCUT2D eigenvalue weighted by molar-refractivity contribution is 9.28. The monoisotopic (exact) mass is 392 g/mol. The van der Waals surface area contributed by atoms with Gasteiger partial charge in [0.2, 0.25) is 0 Å². The molecule has 0 amide bonds. The van der Waals surface area contributed by atoms with Crippen molar-refractivity contribution < 1.29 is 4.42 Å². The lowest BCUT2D eigenvalue weighted by Gasteiger charge is -1.96. The molecule has 0 N–H and O–H groups in total. The van der Waals surface area contributed by atoms with Crippen molar-refractivity contribution in [1.82, 2.24) is 0 Å². The van der Waals surface area contributed by atoms with Crippen LogP contribution in [0.25, 0.3) is 28.2 Å². The molecule has 3 rings (SSSR count). The SMILES string of the molecule is Cc1cc(=O)oc2c(C=C(Br)Br)c3cccccc-3c12. The molecule has 0 saturated heterocycles. The van der Waals surface area contributed by atoms with E-state index in [0.717, 1.165) is 31.0 Å². The van der Waals surface area contributed by atoms with E-state index in [1.165, 1.54) is 6.07 Å². The van der Waals surface area contributed by atoms with Crippen LogP contribution < -0.4 is 5.63 Å². The first kappa shape index (κ1) is 13.6. The van der Waals surface area contributed by atoms with Crippen LogP contribution in [-0.2, 0) is 0 Å². The van der Waals surface area contributed by atoms with Crippen LogP contribution in [0.15, 0.2) is 49.0 Å². The number of fused-ring (bicyclic) bond motifs is 3. The molecule has 0 spiro atoms. The first-order valence-electron chi connectivity index (χ1n) is 6.06. The van der Waals surface area contributed by atoms with Gasteiger partial charge < -0.3 is 4.42 Å². The molecule has 1 aromatic heterocycles. The van der Waals surface area contributed by atoms with Crippen LogP contribution in [0.4, 0.5) is 0 Å². The topological polar surface area (TPSA) is 30.2 Å². The van der Waals surface area contributed by atoms with Crippen molar-refractivity contribution in [1.29, 1.82) is 0 Å². The van der Waals surface area contributed by atoms with Crippen LogP contribution in [0.2, 0.25) is 0 Å². The van der Waals surface area contributed by atoms with E-state index >= 15 is 0 Å². The zero-order chi connectivity index (χ0) is 14.3. The zero-order valence-corrected chi connectivity index (χ0v) is 13.8. The molecule has 100 valence electrons. The average Bonchev–Trinajstić information content (AvgIpc) is 2.54. The highest BCUT2D eigenvalue weighted by Gasteiger charge is 2.19. The van der Waals surface area contributed by atoms with Gasteiger partial charge in [-0.1, -0.05) is 30.3 Å². The molecule has 1 heterocycles. The molecule has 0 saturated carbocycles. The van der Waals surface area contributed by atoms with Gasteiger partial charge in [0, 0.05) is 17.0 Å². The minimum Gasteiger partial charge on any atom is -0.422 e. The maximum absolute atomic E-state index is 11.7. The van der Waals surface area contributed by atoms with Gasteiger partial charge in [-0.25, -0.2) is 4.79 Å². The third kappa shape index (κ3) is 2.23. The van der Waals surface area contributed by atoms with Crippen molar-refractivity contribution in [3.05, 3.63) is 61.3 Å². The molecule has 2 aliphatic rings. The second-order valence-corrected chi connectivity index (χ2v) is 7.31. The van der Waals surface area contributed by atoms with Gasteiger partial charge >= 0.3 is 5.63 Å². The van der Waals surface area contributed by atoms with Crippen molar-refractivity contribution in [3.8, 4) is 11.1 Å². The minimum absolute atomic E-state index is 0.324. The van der Waals surface area contributed by atoms with Crippen LogP contribution in [0.1, 0.15) is 11.1 Å². The van der Waals surface area contributed by atoms with Gasteiger partial charge in [0.1, 0.15) is 5.58 Å². The van der Waals surface area contributed by atoms with E-state index in [0.29, 0.717) is 5.58 Å². The van der Waals surface area contributed by atoms with Crippen LogP contribution >= 0.6 is 31.9 Å².